The van der Waals surface area contributed by atoms with E-state index in [1.54, 1.807) is 18.5 Å². The number of anilines is 1. The van der Waals surface area contributed by atoms with Crippen molar-refractivity contribution in [1.82, 2.24) is 28.7 Å². The van der Waals surface area contributed by atoms with Crippen LogP contribution in [0.2, 0.25) is 0 Å². The highest BCUT2D eigenvalue weighted by atomic mass is 16.2. The van der Waals surface area contributed by atoms with Crippen LogP contribution < -0.4 is 11.3 Å². The van der Waals surface area contributed by atoms with Crippen LogP contribution in [0.25, 0.3) is 11.2 Å². The summed E-state index contributed by atoms with van der Waals surface area (Å²) in [4.78, 5) is 37.9. The molecule has 0 saturated heterocycles. The highest BCUT2D eigenvalue weighted by Gasteiger charge is 2.32. The molecule has 0 saturated carbocycles. The second-order valence-electron chi connectivity index (χ2n) is 10.5. The van der Waals surface area contributed by atoms with Crippen molar-refractivity contribution in [3.8, 4) is 0 Å². The Labute approximate surface area is 222 Å². The minimum atomic E-state index is -0.586. The van der Waals surface area contributed by atoms with Gasteiger partial charge in [-0.3, -0.25) is 9.59 Å². The van der Waals surface area contributed by atoms with E-state index >= 15 is 0 Å². The SMILES string of the molecule is CC1=C(/C=C/C(C)=C/C=C/C(C)=C/C(=O)n2c(N)nc3c(ncn3C)c2=O)C(C)(C)CCC1n1ccnc1. The number of nitrogens with two attached hydrogens (primary N) is 1. The van der Waals surface area contributed by atoms with Gasteiger partial charge in [0, 0.05) is 25.5 Å². The molecule has 0 amide bonds. The van der Waals surface area contributed by atoms with Crippen LogP contribution in [0.1, 0.15) is 58.3 Å². The van der Waals surface area contributed by atoms with Gasteiger partial charge in [0.1, 0.15) is 0 Å². The van der Waals surface area contributed by atoms with Crippen LogP contribution in [0.4, 0.5) is 5.95 Å². The van der Waals surface area contributed by atoms with Gasteiger partial charge >= 0.3 is 0 Å². The molecule has 0 spiro atoms. The van der Waals surface area contributed by atoms with Crippen molar-refractivity contribution < 1.29 is 4.79 Å². The van der Waals surface area contributed by atoms with Gasteiger partial charge in [0.05, 0.1) is 18.7 Å². The normalized spacial score (nSPS) is 18.8. The molecule has 0 aliphatic heterocycles. The van der Waals surface area contributed by atoms with E-state index < -0.39 is 11.5 Å². The minimum absolute atomic E-state index is 0.0978. The lowest BCUT2D eigenvalue weighted by molar-refractivity contribution is 0.0966. The van der Waals surface area contributed by atoms with Gasteiger partial charge < -0.3 is 14.9 Å². The summed E-state index contributed by atoms with van der Waals surface area (Å²) in [5, 5.41) is 0. The summed E-state index contributed by atoms with van der Waals surface area (Å²) in [7, 11) is 1.71. The molecular formula is C29H35N7O2. The zero-order valence-corrected chi connectivity index (χ0v) is 22.8. The average Bonchev–Trinajstić information content (AvgIpc) is 3.49. The first kappa shape index (κ1) is 26.8. The van der Waals surface area contributed by atoms with Crippen molar-refractivity contribution >= 4 is 23.0 Å². The zero-order valence-electron chi connectivity index (χ0n) is 22.8. The summed E-state index contributed by atoms with van der Waals surface area (Å²) in [6.45, 7) is 10.6. The average molecular weight is 514 g/mol. The van der Waals surface area contributed by atoms with Crippen LogP contribution in [-0.4, -0.2) is 34.6 Å². The Bertz CT molecular complexity index is 1570. The van der Waals surface area contributed by atoms with Crippen molar-refractivity contribution in [3.05, 3.63) is 94.2 Å². The first-order valence-electron chi connectivity index (χ1n) is 12.6. The lowest BCUT2D eigenvalue weighted by Crippen LogP contribution is -2.29. The lowest BCUT2D eigenvalue weighted by Gasteiger charge is -2.37. The second-order valence-corrected chi connectivity index (χ2v) is 10.5. The fraction of sp³-hybridized carbons (Fsp3) is 0.345. The molecule has 3 aromatic heterocycles. The Kier molecular flexibility index (Phi) is 7.48. The molecule has 0 fully saturated rings. The number of nitrogens with zero attached hydrogens (tertiary/aromatic N) is 6. The maximum Gasteiger partial charge on any atom is 0.290 e. The number of fused-ring (bicyclic) bond motifs is 1. The third-order valence-electron chi connectivity index (χ3n) is 7.15. The molecule has 1 unspecified atom stereocenters. The van der Waals surface area contributed by atoms with Crippen LogP contribution in [-0.2, 0) is 7.05 Å². The minimum Gasteiger partial charge on any atom is -0.369 e. The zero-order chi connectivity index (χ0) is 27.6. The highest BCUT2D eigenvalue weighted by Crippen LogP contribution is 2.45. The molecule has 1 aliphatic carbocycles. The Balaban J connectivity index is 1.50. The van der Waals surface area contributed by atoms with Gasteiger partial charge in [-0.2, -0.15) is 4.98 Å². The maximum absolute atomic E-state index is 12.8. The van der Waals surface area contributed by atoms with E-state index in [0.29, 0.717) is 17.3 Å². The molecule has 0 aromatic carbocycles. The molecule has 198 valence electrons. The van der Waals surface area contributed by atoms with Crippen molar-refractivity contribution in [2.75, 3.05) is 5.73 Å². The fourth-order valence-corrected chi connectivity index (χ4v) is 4.96. The number of rotatable bonds is 6. The van der Waals surface area contributed by atoms with Gasteiger partial charge in [-0.1, -0.05) is 49.8 Å². The predicted octanol–water partition coefficient (Wildman–Crippen LogP) is 4.93. The number of aromatic nitrogens is 6. The number of carbonyl (C=O) groups is 1. The van der Waals surface area contributed by atoms with E-state index in [1.165, 1.54) is 23.5 Å². The van der Waals surface area contributed by atoms with E-state index in [9.17, 15) is 9.59 Å². The van der Waals surface area contributed by atoms with Gasteiger partial charge in [0.25, 0.3) is 11.5 Å². The summed E-state index contributed by atoms with van der Waals surface area (Å²) in [6, 6.07) is 0.329. The summed E-state index contributed by atoms with van der Waals surface area (Å²) in [5.41, 5.74) is 10.3. The van der Waals surface area contributed by atoms with Crippen LogP contribution >= 0.6 is 0 Å². The Morgan fingerprint density at radius 3 is 2.66 bits per heavy atom. The van der Waals surface area contributed by atoms with Crippen LogP contribution in [0.5, 0.6) is 0 Å². The van der Waals surface area contributed by atoms with Crippen LogP contribution in [0, 0.1) is 5.41 Å². The maximum atomic E-state index is 12.8. The van der Waals surface area contributed by atoms with Gasteiger partial charge in [0.15, 0.2) is 11.2 Å². The Hall–Kier alpha value is -4.27. The van der Waals surface area contributed by atoms with Gasteiger partial charge in [-0.05, 0) is 55.7 Å². The molecule has 9 nitrogen and oxygen atoms in total. The van der Waals surface area contributed by atoms with E-state index in [2.05, 4.69) is 52.4 Å². The molecule has 3 aromatic rings. The van der Waals surface area contributed by atoms with Crippen molar-refractivity contribution in [1.29, 1.82) is 0 Å². The summed E-state index contributed by atoms with van der Waals surface area (Å²) in [6.07, 6.45) is 20.8. The van der Waals surface area contributed by atoms with E-state index in [4.69, 9.17) is 5.73 Å². The van der Waals surface area contributed by atoms with E-state index in [-0.39, 0.29) is 16.9 Å². The molecular weight excluding hydrogens is 478 g/mol. The number of hydrogen-bond acceptors (Lipinski definition) is 6. The number of carbonyl (C=O) groups excluding carboxylic acids is 1. The number of nitrogen functional groups attached to an aromatic ring is 1. The quantitative estimate of drug-likeness (QED) is 0.369. The molecule has 2 N–H and O–H groups in total. The van der Waals surface area contributed by atoms with Gasteiger partial charge in [0.2, 0.25) is 5.95 Å². The molecule has 9 heteroatoms. The van der Waals surface area contributed by atoms with Gasteiger partial charge in [-0.15, -0.1) is 0 Å². The first-order valence-corrected chi connectivity index (χ1v) is 12.6. The molecule has 4 rings (SSSR count). The number of allylic oxidation sites excluding steroid dienone is 10. The van der Waals surface area contributed by atoms with Crippen LogP contribution in [0.3, 0.4) is 0 Å². The van der Waals surface area contributed by atoms with E-state index in [0.717, 1.165) is 23.0 Å². The number of aryl methyl sites for hydroxylation is 1. The van der Waals surface area contributed by atoms with E-state index in [1.807, 2.05) is 43.9 Å². The largest absolute Gasteiger partial charge is 0.369 e. The third kappa shape index (κ3) is 5.37. The lowest BCUT2D eigenvalue weighted by atomic mass is 9.71. The summed E-state index contributed by atoms with van der Waals surface area (Å²) in [5.74, 6) is -0.736. The standard InChI is InChI=1S/C29H35N7O2/c1-19(10-11-22-21(3)23(12-13-29(22,4)5)35-15-14-31-17-35)8-7-9-20(2)16-24(37)36-27(38)25-26(33-28(36)30)34(6)18-32-25/h7-11,14-18,23H,12-13H2,1-6H3,(H2,30,33)/b9-7+,11-10+,19-8+,20-16+. The highest BCUT2D eigenvalue weighted by molar-refractivity contribution is 5.93. The molecule has 1 atom stereocenters. The van der Waals surface area contributed by atoms with Crippen molar-refractivity contribution in [3.63, 3.8) is 0 Å². The topological polar surface area (TPSA) is 114 Å². The number of imidazole rings is 2. The number of hydrogen-bond donors (Lipinski definition) is 1. The monoisotopic (exact) mass is 513 g/mol. The predicted molar refractivity (Wildman–Crippen MR) is 151 cm³/mol. The molecule has 0 radical (unpaired) electrons. The first-order chi connectivity index (χ1) is 18.0. The second kappa shape index (κ2) is 10.6. The fourth-order valence-electron chi connectivity index (χ4n) is 4.96. The smallest absolute Gasteiger partial charge is 0.290 e. The molecule has 1 aliphatic rings. The van der Waals surface area contributed by atoms with Gasteiger partial charge in [-0.25, -0.2) is 14.5 Å². The van der Waals surface area contributed by atoms with Crippen molar-refractivity contribution in [2.45, 2.75) is 53.5 Å². The van der Waals surface area contributed by atoms with Crippen LogP contribution in [0.15, 0.2) is 88.6 Å². The molecule has 38 heavy (non-hydrogen) atoms. The Morgan fingerprint density at radius 1 is 1.18 bits per heavy atom. The molecule has 3 heterocycles. The third-order valence-corrected chi connectivity index (χ3v) is 7.15. The molecule has 0 bridgehead atoms. The van der Waals surface area contributed by atoms with Crippen molar-refractivity contribution in [2.24, 2.45) is 12.5 Å². The summed E-state index contributed by atoms with van der Waals surface area (Å²) >= 11 is 0. The summed E-state index contributed by atoms with van der Waals surface area (Å²) < 4.78 is 4.61. The Morgan fingerprint density at radius 2 is 1.95 bits per heavy atom.